The van der Waals surface area contributed by atoms with E-state index in [2.05, 4.69) is 9.97 Å². The topological polar surface area (TPSA) is 61.0 Å². The molecule has 1 heterocycles. The highest BCUT2D eigenvalue weighted by Gasteiger charge is 2.04. The lowest BCUT2D eigenvalue weighted by atomic mass is 10.2. The molecule has 0 saturated heterocycles. The Bertz CT molecular complexity index is 445. The van der Waals surface area contributed by atoms with Gasteiger partial charge in [0.2, 0.25) is 5.88 Å². The maximum absolute atomic E-state index is 13.2. The van der Waals surface area contributed by atoms with Crippen molar-refractivity contribution in [1.82, 2.24) is 9.97 Å². The lowest BCUT2D eigenvalue weighted by Crippen LogP contribution is -2.02. The highest BCUT2D eigenvalue weighted by atomic mass is 19.1. The average molecular weight is 219 g/mol. The number of hydrogen-bond acceptors (Lipinski definition) is 4. The van der Waals surface area contributed by atoms with Crippen LogP contribution in [0.1, 0.15) is 5.56 Å². The van der Waals surface area contributed by atoms with Crippen molar-refractivity contribution in [3.05, 3.63) is 48.2 Å². The molecule has 0 atom stereocenters. The van der Waals surface area contributed by atoms with E-state index in [0.717, 1.165) is 0 Å². The summed E-state index contributed by atoms with van der Waals surface area (Å²) < 4.78 is 18.5. The summed E-state index contributed by atoms with van der Waals surface area (Å²) in [4.78, 5) is 7.57. The standard InChI is InChI=1S/C11H10FN3O/c12-9-4-2-1-3-8(9)6-16-11-10(13)5-14-7-15-11/h1-5,7H,6,13H2. The van der Waals surface area contributed by atoms with Crippen LogP contribution < -0.4 is 10.5 Å². The van der Waals surface area contributed by atoms with Crippen molar-refractivity contribution < 1.29 is 9.13 Å². The van der Waals surface area contributed by atoms with Gasteiger partial charge in [-0.2, -0.15) is 4.98 Å². The van der Waals surface area contributed by atoms with Gasteiger partial charge < -0.3 is 10.5 Å². The van der Waals surface area contributed by atoms with E-state index in [9.17, 15) is 4.39 Å². The average Bonchev–Trinajstić information content (AvgIpc) is 2.30. The molecule has 0 saturated carbocycles. The highest BCUT2D eigenvalue weighted by Crippen LogP contribution is 2.17. The van der Waals surface area contributed by atoms with E-state index in [4.69, 9.17) is 10.5 Å². The smallest absolute Gasteiger partial charge is 0.240 e. The fourth-order valence-corrected chi connectivity index (χ4v) is 1.21. The summed E-state index contributed by atoms with van der Waals surface area (Å²) in [7, 11) is 0. The second kappa shape index (κ2) is 4.57. The van der Waals surface area contributed by atoms with Crippen LogP contribution >= 0.6 is 0 Å². The SMILES string of the molecule is Nc1cncnc1OCc1ccccc1F. The van der Waals surface area contributed by atoms with Gasteiger partial charge in [0.05, 0.1) is 6.20 Å². The third kappa shape index (κ3) is 2.25. The molecule has 82 valence electrons. The summed E-state index contributed by atoms with van der Waals surface area (Å²) in [6, 6.07) is 6.39. The number of aromatic nitrogens is 2. The van der Waals surface area contributed by atoms with Crippen molar-refractivity contribution in [3.8, 4) is 5.88 Å². The highest BCUT2D eigenvalue weighted by molar-refractivity contribution is 5.44. The minimum Gasteiger partial charge on any atom is -0.471 e. The summed E-state index contributed by atoms with van der Waals surface area (Å²) in [5.74, 6) is -0.0478. The molecule has 0 aliphatic heterocycles. The van der Waals surface area contributed by atoms with E-state index in [1.807, 2.05) is 0 Å². The first-order valence-corrected chi connectivity index (χ1v) is 4.69. The lowest BCUT2D eigenvalue weighted by Gasteiger charge is -2.07. The Hall–Kier alpha value is -2.17. The van der Waals surface area contributed by atoms with Gasteiger partial charge in [-0.25, -0.2) is 9.37 Å². The number of nitrogen functional groups attached to an aromatic ring is 1. The largest absolute Gasteiger partial charge is 0.471 e. The molecule has 0 bridgehead atoms. The number of anilines is 1. The van der Waals surface area contributed by atoms with Gasteiger partial charge in [0.1, 0.15) is 24.4 Å². The van der Waals surface area contributed by atoms with Crippen LogP contribution in [0, 0.1) is 5.82 Å². The molecule has 1 aromatic heterocycles. The number of hydrogen-bond donors (Lipinski definition) is 1. The quantitative estimate of drug-likeness (QED) is 0.854. The number of benzene rings is 1. The van der Waals surface area contributed by atoms with E-state index in [1.165, 1.54) is 18.6 Å². The van der Waals surface area contributed by atoms with Crippen molar-refractivity contribution in [3.63, 3.8) is 0 Å². The molecular weight excluding hydrogens is 209 g/mol. The number of nitrogens with two attached hydrogens (primary N) is 1. The molecule has 0 fully saturated rings. The zero-order chi connectivity index (χ0) is 11.4. The Labute approximate surface area is 91.9 Å². The first-order chi connectivity index (χ1) is 7.77. The Morgan fingerprint density at radius 3 is 2.88 bits per heavy atom. The van der Waals surface area contributed by atoms with Gasteiger partial charge in [-0.3, -0.25) is 0 Å². The Morgan fingerprint density at radius 1 is 1.31 bits per heavy atom. The molecule has 0 aliphatic rings. The van der Waals surface area contributed by atoms with Gasteiger partial charge in [-0.05, 0) is 6.07 Å². The molecule has 0 aliphatic carbocycles. The van der Waals surface area contributed by atoms with Crippen LogP contribution in [0.5, 0.6) is 5.88 Å². The summed E-state index contributed by atoms with van der Waals surface area (Å²) in [5.41, 5.74) is 6.37. The maximum atomic E-state index is 13.2. The van der Waals surface area contributed by atoms with E-state index in [0.29, 0.717) is 11.3 Å². The van der Waals surface area contributed by atoms with Crippen LogP contribution in [-0.2, 0) is 6.61 Å². The minimum atomic E-state index is -0.310. The molecule has 1 aromatic carbocycles. The van der Waals surface area contributed by atoms with Crippen molar-refractivity contribution >= 4 is 5.69 Å². The van der Waals surface area contributed by atoms with E-state index in [-0.39, 0.29) is 18.3 Å². The molecule has 2 aromatic rings. The van der Waals surface area contributed by atoms with Crippen LogP contribution in [0.3, 0.4) is 0 Å². The molecule has 0 amide bonds. The van der Waals surface area contributed by atoms with Gasteiger partial charge in [0.15, 0.2) is 0 Å². The van der Waals surface area contributed by atoms with Gasteiger partial charge in [-0.15, -0.1) is 0 Å². The summed E-state index contributed by atoms with van der Waals surface area (Å²) in [6.45, 7) is 0.0912. The van der Waals surface area contributed by atoms with Crippen molar-refractivity contribution in [2.75, 3.05) is 5.73 Å². The zero-order valence-corrected chi connectivity index (χ0v) is 8.43. The van der Waals surface area contributed by atoms with Gasteiger partial charge in [-0.1, -0.05) is 18.2 Å². The maximum Gasteiger partial charge on any atom is 0.240 e. The Kier molecular flexibility index (Phi) is 2.95. The first-order valence-electron chi connectivity index (χ1n) is 4.69. The van der Waals surface area contributed by atoms with Gasteiger partial charge in [0.25, 0.3) is 0 Å². The normalized spacial score (nSPS) is 10.1. The molecule has 5 heteroatoms. The third-order valence-corrected chi connectivity index (χ3v) is 2.02. The summed E-state index contributed by atoms with van der Waals surface area (Å²) in [6.07, 6.45) is 2.76. The zero-order valence-electron chi connectivity index (χ0n) is 8.43. The molecular formula is C11H10FN3O. The lowest BCUT2D eigenvalue weighted by molar-refractivity contribution is 0.289. The molecule has 0 unspecified atom stereocenters. The van der Waals surface area contributed by atoms with Gasteiger partial charge in [0, 0.05) is 5.56 Å². The predicted molar refractivity (Wildman–Crippen MR) is 57.2 cm³/mol. The first kappa shape index (κ1) is 10.4. The van der Waals surface area contributed by atoms with Crippen LogP contribution in [-0.4, -0.2) is 9.97 Å². The Balaban J connectivity index is 2.09. The number of ether oxygens (including phenoxy) is 1. The fourth-order valence-electron chi connectivity index (χ4n) is 1.21. The third-order valence-electron chi connectivity index (χ3n) is 2.02. The minimum absolute atomic E-state index is 0.0912. The fraction of sp³-hybridized carbons (Fsp3) is 0.0909. The number of rotatable bonds is 3. The van der Waals surface area contributed by atoms with Crippen LogP contribution in [0.25, 0.3) is 0 Å². The number of nitrogens with zero attached hydrogens (tertiary/aromatic N) is 2. The predicted octanol–water partition coefficient (Wildman–Crippen LogP) is 1.78. The molecule has 0 radical (unpaired) electrons. The molecule has 2 rings (SSSR count). The van der Waals surface area contributed by atoms with E-state index >= 15 is 0 Å². The second-order valence-electron chi connectivity index (χ2n) is 3.16. The van der Waals surface area contributed by atoms with Crippen molar-refractivity contribution in [2.45, 2.75) is 6.61 Å². The summed E-state index contributed by atoms with van der Waals surface area (Å²) in [5, 5.41) is 0. The van der Waals surface area contributed by atoms with Crippen molar-refractivity contribution in [2.24, 2.45) is 0 Å². The molecule has 2 N–H and O–H groups in total. The molecule has 0 spiro atoms. The van der Waals surface area contributed by atoms with Gasteiger partial charge >= 0.3 is 0 Å². The summed E-state index contributed by atoms with van der Waals surface area (Å²) >= 11 is 0. The Morgan fingerprint density at radius 2 is 2.12 bits per heavy atom. The molecule has 16 heavy (non-hydrogen) atoms. The number of halogens is 1. The van der Waals surface area contributed by atoms with Crippen LogP contribution in [0.4, 0.5) is 10.1 Å². The van der Waals surface area contributed by atoms with Crippen LogP contribution in [0.2, 0.25) is 0 Å². The van der Waals surface area contributed by atoms with Crippen molar-refractivity contribution in [1.29, 1.82) is 0 Å². The second-order valence-corrected chi connectivity index (χ2v) is 3.16. The molecule has 4 nitrogen and oxygen atoms in total. The monoisotopic (exact) mass is 219 g/mol. The van der Waals surface area contributed by atoms with E-state index in [1.54, 1.807) is 18.2 Å². The van der Waals surface area contributed by atoms with Crippen LogP contribution in [0.15, 0.2) is 36.8 Å². The van der Waals surface area contributed by atoms with E-state index < -0.39 is 0 Å².